The summed E-state index contributed by atoms with van der Waals surface area (Å²) in [5, 5.41) is 2.82. The maximum Gasteiger partial charge on any atom is 0.258 e. The molecule has 0 aliphatic rings. The number of hydrogen-bond acceptors (Lipinski definition) is 3. The molecule has 0 bridgehead atoms. The van der Waals surface area contributed by atoms with Gasteiger partial charge in [0, 0.05) is 23.6 Å². The van der Waals surface area contributed by atoms with Gasteiger partial charge in [-0.25, -0.2) is 14.4 Å². The molecular weight excluding hydrogens is 293 g/mol. The predicted molar refractivity (Wildman–Crippen MR) is 86.6 cm³/mol. The largest absolute Gasteiger partial charge is 0.322 e. The zero-order chi connectivity index (χ0) is 16.2. The first kappa shape index (κ1) is 14.8. The van der Waals surface area contributed by atoms with Crippen molar-refractivity contribution in [1.29, 1.82) is 0 Å². The number of anilines is 1. The van der Waals surface area contributed by atoms with Gasteiger partial charge in [0.1, 0.15) is 5.82 Å². The molecule has 5 heteroatoms. The number of rotatable bonds is 3. The fourth-order valence-electron chi connectivity index (χ4n) is 2.10. The summed E-state index contributed by atoms with van der Waals surface area (Å²) in [5.41, 5.74) is 2.78. The van der Waals surface area contributed by atoms with E-state index in [0.717, 1.165) is 11.3 Å². The second kappa shape index (κ2) is 6.36. The van der Waals surface area contributed by atoms with E-state index >= 15 is 0 Å². The lowest BCUT2D eigenvalue weighted by atomic mass is 10.2. The fraction of sp³-hybridized carbons (Fsp3) is 0.0556. The number of aromatic nitrogens is 2. The number of halogens is 1. The van der Waals surface area contributed by atoms with Crippen LogP contribution >= 0.6 is 0 Å². The van der Waals surface area contributed by atoms with E-state index in [1.165, 1.54) is 24.5 Å². The quantitative estimate of drug-likeness (QED) is 0.799. The van der Waals surface area contributed by atoms with Crippen LogP contribution in [-0.4, -0.2) is 15.9 Å². The van der Waals surface area contributed by atoms with Gasteiger partial charge >= 0.3 is 0 Å². The number of para-hydroxylation sites is 1. The number of aryl methyl sites for hydroxylation is 1. The summed E-state index contributed by atoms with van der Waals surface area (Å²) in [4.78, 5) is 20.6. The number of carbonyl (C=O) groups excluding carboxylic acids is 1. The number of hydrogen-bond donors (Lipinski definition) is 1. The standard InChI is InChI=1S/C18H14FN3O/c1-12-4-2-3-5-16(12)22-18(23)14-10-20-17(21-11-14)13-6-8-15(19)9-7-13/h2-11H,1H3,(H,22,23). The molecule has 1 amide bonds. The van der Waals surface area contributed by atoms with E-state index in [1.54, 1.807) is 12.1 Å². The van der Waals surface area contributed by atoms with Crippen molar-refractivity contribution < 1.29 is 9.18 Å². The van der Waals surface area contributed by atoms with Gasteiger partial charge in [-0.05, 0) is 42.8 Å². The van der Waals surface area contributed by atoms with E-state index in [4.69, 9.17) is 0 Å². The second-order valence-corrected chi connectivity index (χ2v) is 5.07. The normalized spacial score (nSPS) is 10.3. The van der Waals surface area contributed by atoms with Crippen molar-refractivity contribution in [2.24, 2.45) is 0 Å². The molecule has 0 aliphatic heterocycles. The van der Waals surface area contributed by atoms with Crippen LogP contribution in [0.3, 0.4) is 0 Å². The molecule has 0 atom stereocenters. The van der Waals surface area contributed by atoms with Gasteiger partial charge in [0.2, 0.25) is 0 Å². The Balaban J connectivity index is 1.78. The summed E-state index contributed by atoms with van der Waals surface area (Å²) in [7, 11) is 0. The van der Waals surface area contributed by atoms with Gasteiger partial charge in [-0.1, -0.05) is 18.2 Å². The van der Waals surface area contributed by atoms with Crippen molar-refractivity contribution in [3.05, 3.63) is 77.9 Å². The van der Waals surface area contributed by atoms with Crippen LogP contribution < -0.4 is 5.32 Å². The summed E-state index contributed by atoms with van der Waals surface area (Å²) < 4.78 is 12.9. The molecule has 0 radical (unpaired) electrons. The van der Waals surface area contributed by atoms with E-state index in [0.29, 0.717) is 17.0 Å². The van der Waals surface area contributed by atoms with Gasteiger partial charge in [0.05, 0.1) is 5.56 Å². The molecular formula is C18H14FN3O. The van der Waals surface area contributed by atoms with Crippen LogP contribution in [0.15, 0.2) is 60.9 Å². The third-order valence-electron chi connectivity index (χ3n) is 3.41. The first-order valence-corrected chi connectivity index (χ1v) is 7.08. The minimum atomic E-state index is -0.317. The zero-order valence-electron chi connectivity index (χ0n) is 12.5. The third-order valence-corrected chi connectivity index (χ3v) is 3.41. The van der Waals surface area contributed by atoms with Crippen molar-refractivity contribution in [3.63, 3.8) is 0 Å². The van der Waals surface area contributed by atoms with Crippen molar-refractivity contribution in [3.8, 4) is 11.4 Å². The van der Waals surface area contributed by atoms with Gasteiger partial charge in [0.25, 0.3) is 5.91 Å². The van der Waals surface area contributed by atoms with E-state index < -0.39 is 0 Å². The molecule has 3 aromatic rings. The summed E-state index contributed by atoms with van der Waals surface area (Å²) in [5.74, 6) is -0.148. The Morgan fingerprint density at radius 3 is 2.30 bits per heavy atom. The van der Waals surface area contributed by atoms with Crippen LogP contribution in [0.4, 0.5) is 10.1 Å². The summed E-state index contributed by atoms with van der Waals surface area (Å²) in [6, 6.07) is 13.4. The van der Waals surface area contributed by atoms with Crippen molar-refractivity contribution in [2.45, 2.75) is 6.92 Å². The fourth-order valence-corrected chi connectivity index (χ4v) is 2.10. The van der Waals surface area contributed by atoms with Crippen molar-refractivity contribution in [1.82, 2.24) is 9.97 Å². The molecule has 0 saturated heterocycles. The van der Waals surface area contributed by atoms with Crippen LogP contribution in [0.25, 0.3) is 11.4 Å². The van der Waals surface area contributed by atoms with Gasteiger partial charge in [-0.15, -0.1) is 0 Å². The first-order chi connectivity index (χ1) is 11.1. The smallest absolute Gasteiger partial charge is 0.258 e. The Hall–Kier alpha value is -3.08. The van der Waals surface area contributed by atoms with Gasteiger partial charge in [0.15, 0.2) is 5.82 Å². The molecule has 0 spiro atoms. The lowest BCUT2D eigenvalue weighted by Gasteiger charge is -2.08. The highest BCUT2D eigenvalue weighted by molar-refractivity contribution is 6.04. The third kappa shape index (κ3) is 3.40. The highest BCUT2D eigenvalue weighted by atomic mass is 19.1. The Kier molecular flexibility index (Phi) is 4.10. The van der Waals surface area contributed by atoms with E-state index in [-0.39, 0.29) is 11.7 Å². The van der Waals surface area contributed by atoms with Gasteiger partial charge in [-0.2, -0.15) is 0 Å². The minimum Gasteiger partial charge on any atom is -0.322 e. The summed E-state index contributed by atoms with van der Waals surface area (Å²) >= 11 is 0. The maximum absolute atomic E-state index is 12.9. The number of amides is 1. The minimum absolute atomic E-state index is 0.273. The average molecular weight is 307 g/mol. The topological polar surface area (TPSA) is 54.9 Å². The Labute approximate surface area is 133 Å². The van der Waals surface area contributed by atoms with Crippen LogP contribution in [0.2, 0.25) is 0 Å². The lowest BCUT2D eigenvalue weighted by Crippen LogP contribution is -2.13. The number of benzene rings is 2. The SMILES string of the molecule is Cc1ccccc1NC(=O)c1cnc(-c2ccc(F)cc2)nc1. The monoisotopic (exact) mass is 307 g/mol. The zero-order valence-corrected chi connectivity index (χ0v) is 12.5. The van der Waals surface area contributed by atoms with Crippen LogP contribution in [0, 0.1) is 12.7 Å². The molecule has 114 valence electrons. The second-order valence-electron chi connectivity index (χ2n) is 5.07. The molecule has 3 rings (SSSR count). The van der Waals surface area contributed by atoms with E-state index in [9.17, 15) is 9.18 Å². The molecule has 0 saturated carbocycles. The maximum atomic E-state index is 12.9. The van der Waals surface area contributed by atoms with Gasteiger partial charge in [-0.3, -0.25) is 4.79 Å². The molecule has 1 aromatic heterocycles. The Morgan fingerprint density at radius 1 is 1.00 bits per heavy atom. The van der Waals surface area contributed by atoms with E-state index in [2.05, 4.69) is 15.3 Å². The summed E-state index contributed by atoms with van der Waals surface area (Å²) in [6.07, 6.45) is 2.92. The lowest BCUT2D eigenvalue weighted by molar-refractivity contribution is 0.102. The molecule has 23 heavy (non-hydrogen) atoms. The molecule has 0 aliphatic carbocycles. The highest BCUT2D eigenvalue weighted by Crippen LogP contribution is 2.17. The Bertz CT molecular complexity index is 830. The average Bonchev–Trinajstić information content (AvgIpc) is 2.58. The Morgan fingerprint density at radius 2 is 1.65 bits per heavy atom. The molecule has 0 unspecified atom stereocenters. The van der Waals surface area contributed by atoms with E-state index in [1.807, 2.05) is 31.2 Å². The van der Waals surface area contributed by atoms with Crippen LogP contribution in [0.1, 0.15) is 15.9 Å². The van der Waals surface area contributed by atoms with Crippen LogP contribution in [0.5, 0.6) is 0 Å². The number of nitrogens with zero attached hydrogens (tertiary/aromatic N) is 2. The van der Waals surface area contributed by atoms with Crippen LogP contribution in [-0.2, 0) is 0 Å². The number of nitrogens with one attached hydrogen (secondary N) is 1. The van der Waals surface area contributed by atoms with Crippen molar-refractivity contribution in [2.75, 3.05) is 5.32 Å². The first-order valence-electron chi connectivity index (χ1n) is 7.08. The molecule has 1 heterocycles. The molecule has 4 nitrogen and oxygen atoms in total. The predicted octanol–water partition coefficient (Wildman–Crippen LogP) is 3.84. The molecule has 1 N–H and O–H groups in total. The molecule has 0 fully saturated rings. The van der Waals surface area contributed by atoms with Gasteiger partial charge < -0.3 is 5.32 Å². The highest BCUT2D eigenvalue weighted by Gasteiger charge is 2.09. The molecule has 2 aromatic carbocycles. The number of carbonyl (C=O) groups is 1. The van der Waals surface area contributed by atoms with Crippen molar-refractivity contribution >= 4 is 11.6 Å². The summed E-state index contributed by atoms with van der Waals surface area (Å²) in [6.45, 7) is 1.92.